The third kappa shape index (κ3) is 3.08. The van der Waals surface area contributed by atoms with Crippen LogP contribution in [0.2, 0.25) is 0 Å². The van der Waals surface area contributed by atoms with Gasteiger partial charge >= 0.3 is 0 Å². The van der Waals surface area contributed by atoms with Crippen LogP contribution in [0.5, 0.6) is 0 Å². The van der Waals surface area contributed by atoms with Gasteiger partial charge in [-0.2, -0.15) is 4.99 Å². The van der Waals surface area contributed by atoms with Crippen molar-refractivity contribution in [1.29, 1.82) is 0 Å². The van der Waals surface area contributed by atoms with Crippen LogP contribution in [0.3, 0.4) is 0 Å². The Morgan fingerprint density at radius 3 is 2.64 bits per heavy atom. The number of carbonyl (C=O) groups is 2. The predicted molar refractivity (Wildman–Crippen MR) is 83.4 cm³/mol. The van der Waals surface area contributed by atoms with E-state index < -0.39 is 0 Å². The van der Waals surface area contributed by atoms with Gasteiger partial charge in [-0.1, -0.05) is 12.8 Å². The minimum absolute atomic E-state index is 0.00832. The number of aromatic nitrogens is 1. The number of carbonyl (C=O) groups excluding carboxylic acids is 2. The second-order valence-corrected chi connectivity index (χ2v) is 5.49. The van der Waals surface area contributed by atoms with E-state index in [1.807, 2.05) is 0 Å². The van der Waals surface area contributed by atoms with Crippen LogP contribution in [0.25, 0.3) is 0 Å². The summed E-state index contributed by atoms with van der Waals surface area (Å²) in [6, 6.07) is 1.67. The fourth-order valence-corrected chi connectivity index (χ4v) is 2.97. The first-order valence-corrected chi connectivity index (χ1v) is 7.27. The molecule has 0 aliphatic heterocycles. The van der Waals surface area contributed by atoms with Gasteiger partial charge in [0, 0.05) is 6.04 Å². The summed E-state index contributed by atoms with van der Waals surface area (Å²) in [4.78, 5) is 39.0. The van der Waals surface area contributed by atoms with Crippen LogP contribution in [0.1, 0.15) is 54.6 Å². The number of aliphatic imine (C=N–C) groups is 1. The van der Waals surface area contributed by atoms with Crippen LogP contribution in [-0.4, -0.2) is 22.7 Å². The highest BCUT2D eigenvalue weighted by Crippen LogP contribution is 2.32. The molecular weight excluding hydrogens is 284 g/mol. The molecule has 0 aromatic carbocycles. The van der Waals surface area contributed by atoms with Gasteiger partial charge in [-0.25, -0.2) is 0 Å². The first-order chi connectivity index (χ1) is 10.5. The summed E-state index contributed by atoms with van der Waals surface area (Å²) in [6.45, 7) is 3.08. The standard InChI is InChI=1S/C15H20N4O3/c1-9-7-12(18-15(16)17-8-20)19(11-5-3-4-6-11)14(22)13(9)10(2)21/h7-8,11H,3-6H2,1-2H3,(H3,16,17,18,20). The fraction of sp³-hybridized carbons (Fsp3) is 0.467. The maximum absolute atomic E-state index is 12.7. The molecule has 1 aliphatic rings. The molecule has 22 heavy (non-hydrogen) atoms. The molecule has 3 N–H and O–H groups in total. The highest BCUT2D eigenvalue weighted by atomic mass is 16.1. The normalized spacial score (nSPS) is 15.8. The summed E-state index contributed by atoms with van der Waals surface area (Å²) < 4.78 is 1.54. The van der Waals surface area contributed by atoms with Gasteiger partial charge < -0.3 is 5.73 Å². The number of pyridine rings is 1. The lowest BCUT2D eigenvalue weighted by Gasteiger charge is -2.19. The van der Waals surface area contributed by atoms with Crippen molar-refractivity contribution in [3.63, 3.8) is 0 Å². The molecule has 2 rings (SSSR count). The Bertz CT molecular complexity index is 685. The zero-order valence-electron chi connectivity index (χ0n) is 12.8. The number of amides is 1. The summed E-state index contributed by atoms with van der Waals surface area (Å²) in [5, 5.41) is 2.25. The Kier molecular flexibility index (Phi) is 4.75. The molecule has 0 bridgehead atoms. The molecule has 0 unspecified atom stereocenters. The highest BCUT2D eigenvalue weighted by Gasteiger charge is 2.24. The first kappa shape index (κ1) is 15.9. The molecule has 1 fully saturated rings. The molecule has 1 amide bonds. The summed E-state index contributed by atoms with van der Waals surface area (Å²) in [5.74, 6) is 0.0196. The number of aryl methyl sites for hydroxylation is 1. The molecule has 7 nitrogen and oxygen atoms in total. The molecule has 1 aromatic rings. The molecular formula is C15H20N4O3. The van der Waals surface area contributed by atoms with Gasteiger partial charge in [-0.05, 0) is 38.3 Å². The van der Waals surface area contributed by atoms with Crippen LogP contribution in [-0.2, 0) is 4.79 Å². The van der Waals surface area contributed by atoms with Crippen LogP contribution in [0, 0.1) is 6.92 Å². The molecule has 0 saturated heterocycles. The number of ketones is 1. The summed E-state index contributed by atoms with van der Waals surface area (Å²) >= 11 is 0. The number of nitrogens with two attached hydrogens (primary N) is 1. The lowest BCUT2D eigenvalue weighted by atomic mass is 10.1. The molecule has 0 atom stereocenters. The molecule has 7 heteroatoms. The van der Waals surface area contributed by atoms with E-state index in [9.17, 15) is 14.4 Å². The maximum atomic E-state index is 12.7. The van der Waals surface area contributed by atoms with E-state index >= 15 is 0 Å². The van der Waals surface area contributed by atoms with Gasteiger partial charge in [0.15, 0.2) is 5.78 Å². The third-order valence-electron chi connectivity index (χ3n) is 3.90. The predicted octanol–water partition coefficient (Wildman–Crippen LogP) is 1.17. The zero-order chi connectivity index (χ0) is 16.3. The Morgan fingerprint density at radius 1 is 1.45 bits per heavy atom. The quantitative estimate of drug-likeness (QED) is 0.377. The van der Waals surface area contributed by atoms with E-state index in [1.54, 1.807) is 13.0 Å². The minimum Gasteiger partial charge on any atom is -0.369 e. The number of hydrogen-bond donors (Lipinski definition) is 2. The van der Waals surface area contributed by atoms with Gasteiger partial charge in [0.25, 0.3) is 5.56 Å². The van der Waals surface area contributed by atoms with E-state index in [2.05, 4.69) is 10.3 Å². The van der Waals surface area contributed by atoms with E-state index in [4.69, 9.17) is 5.73 Å². The van der Waals surface area contributed by atoms with E-state index in [0.717, 1.165) is 25.7 Å². The second-order valence-electron chi connectivity index (χ2n) is 5.49. The number of hydrogen-bond acceptors (Lipinski definition) is 4. The summed E-state index contributed by atoms with van der Waals surface area (Å²) in [6.07, 6.45) is 4.22. The number of rotatable bonds is 4. The Balaban J connectivity index is 2.66. The zero-order valence-corrected chi connectivity index (χ0v) is 12.8. The number of nitrogens with one attached hydrogen (secondary N) is 1. The summed E-state index contributed by atoms with van der Waals surface area (Å²) in [5.41, 5.74) is 6.02. The first-order valence-electron chi connectivity index (χ1n) is 7.27. The van der Waals surface area contributed by atoms with Crippen molar-refractivity contribution in [2.24, 2.45) is 10.7 Å². The lowest BCUT2D eigenvalue weighted by Crippen LogP contribution is -2.32. The fourth-order valence-electron chi connectivity index (χ4n) is 2.97. The monoisotopic (exact) mass is 304 g/mol. The maximum Gasteiger partial charge on any atom is 0.263 e. The third-order valence-corrected chi connectivity index (χ3v) is 3.90. The Morgan fingerprint density at radius 2 is 2.09 bits per heavy atom. The van der Waals surface area contributed by atoms with Crippen molar-refractivity contribution in [2.75, 3.05) is 0 Å². The van der Waals surface area contributed by atoms with Gasteiger partial charge in [-0.3, -0.25) is 24.3 Å². The van der Waals surface area contributed by atoms with Gasteiger partial charge in [0.1, 0.15) is 5.82 Å². The smallest absolute Gasteiger partial charge is 0.263 e. The molecule has 1 aromatic heterocycles. The summed E-state index contributed by atoms with van der Waals surface area (Å²) in [7, 11) is 0. The minimum atomic E-state index is -0.336. The number of guanidine groups is 1. The Labute approximate surface area is 128 Å². The SMILES string of the molecule is CC(=O)c1c(C)cc(/N=C(/N)NC=O)n(C2CCCC2)c1=O. The van der Waals surface area contributed by atoms with Gasteiger partial charge in [0.2, 0.25) is 12.4 Å². The van der Waals surface area contributed by atoms with Crippen molar-refractivity contribution in [2.45, 2.75) is 45.6 Å². The van der Waals surface area contributed by atoms with Crippen molar-refractivity contribution in [3.05, 3.63) is 27.5 Å². The van der Waals surface area contributed by atoms with E-state index in [-0.39, 0.29) is 28.9 Å². The van der Waals surface area contributed by atoms with Crippen molar-refractivity contribution in [1.82, 2.24) is 9.88 Å². The molecule has 1 aliphatic carbocycles. The van der Waals surface area contributed by atoms with Crippen molar-refractivity contribution in [3.8, 4) is 0 Å². The van der Waals surface area contributed by atoms with E-state index in [1.165, 1.54) is 11.5 Å². The molecule has 1 saturated carbocycles. The largest absolute Gasteiger partial charge is 0.369 e. The second kappa shape index (κ2) is 6.55. The molecule has 118 valence electrons. The lowest BCUT2D eigenvalue weighted by molar-refractivity contribution is -0.108. The van der Waals surface area contributed by atoms with Crippen molar-refractivity contribution >= 4 is 24.0 Å². The average Bonchev–Trinajstić information content (AvgIpc) is 2.91. The molecule has 0 radical (unpaired) electrons. The Hall–Kier alpha value is -2.44. The van der Waals surface area contributed by atoms with Crippen LogP contribution < -0.4 is 16.6 Å². The van der Waals surface area contributed by atoms with Crippen molar-refractivity contribution < 1.29 is 9.59 Å². The topological polar surface area (TPSA) is 107 Å². The van der Waals surface area contributed by atoms with Gasteiger partial charge in [-0.15, -0.1) is 0 Å². The number of nitrogens with zero attached hydrogens (tertiary/aromatic N) is 2. The molecule has 0 spiro atoms. The van der Waals surface area contributed by atoms with E-state index in [0.29, 0.717) is 17.8 Å². The van der Waals surface area contributed by atoms with Gasteiger partial charge in [0.05, 0.1) is 5.56 Å². The van der Waals surface area contributed by atoms with Crippen LogP contribution in [0.4, 0.5) is 5.82 Å². The number of Topliss-reactive ketones (excluding diaryl/α,β-unsaturated/α-hetero) is 1. The average molecular weight is 304 g/mol. The van der Waals surface area contributed by atoms with Crippen LogP contribution in [0.15, 0.2) is 15.9 Å². The highest BCUT2D eigenvalue weighted by molar-refractivity contribution is 5.95. The molecule has 1 heterocycles. The van der Waals surface area contributed by atoms with Crippen LogP contribution >= 0.6 is 0 Å².